The van der Waals surface area contributed by atoms with Crippen molar-refractivity contribution >= 4 is 50.9 Å². The third-order valence-corrected chi connectivity index (χ3v) is 11.6. The van der Waals surface area contributed by atoms with Crippen LogP contribution in [-0.2, 0) is 41.2 Å². The summed E-state index contributed by atoms with van der Waals surface area (Å²) >= 11 is 5.90. The van der Waals surface area contributed by atoms with Gasteiger partial charge in [0.1, 0.15) is 30.1 Å². The predicted octanol–water partition coefficient (Wildman–Crippen LogP) is 3.56. The Morgan fingerprint density at radius 1 is 1.00 bits per heavy atom. The average Bonchev–Trinajstić information content (AvgIpc) is 3.65. The molecule has 1 aliphatic heterocycles. The molecule has 3 N–H and O–H groups in total. The summed E-state index contributed by atoms with van der Waals surface area (Å²) < 4.78 is 101. The highest BCUT2D eigenvalue weighted by Gasteiger charge is 2.53. The van der Waals surface area contributed by atoms with Gasteiger partial charge in [-0.2, -0.15) is 27.2 Å². The van der Waals surface area contributed by atoms with E-state index in [-0.39, 0.29) is 22.7 Å². The van der Waals surface area contributed by atoms with Crippen LogP contribution in [0, 0.1) is 17.2 Å². The van der Waals surface area contributed by atoms with Gasteiger partial charge < -0.3 is 25.6 Å². The summed E-state index contributed by atoms with van der Waals surface area (Å²) in [5.74, 6) is -14.5. The second kappa shape index (κ2) is 18.9. The highest BCUT2D eigenvalue weighted by Crippen LogP contribution is 2.29. The van der Waals surface area contributed by atoms with Crippen molar-refractivity contribution in [3.05, 3.63) is 94.3 Å². The van der Waals surface area contributed by atoms with Crippen molar-refractivity contribution in [2.45, 2.75) is 67.9 Å². The number of methoxy groups -OCH3 is 1. The van der Waals surface area contributed by atoms with Gasteiger partial charge in [0, 0.05) is 19.2 Å². The van der Waals surface area contributed by atoms with Crippen molar-refractivity contribution < 1.29 is 59.1 Å². The molecule has 4 atom stereocenters. The van der Waals surface area contributed by atoms with Crippen LogP contribution in [0.1, 0.15) is 47.4 Å². The number of Topliss-reactive ketones (excluding diaryl/α,β-unsaturated/α-hetero) is 1. The number of nitrogens with one attached hydrogen (secondary N) is 3. The number of ether oxygens (including phenoxy) is 1. The number of nitrogens with zero attached hydrogens (tertiary/aromatic N) is 3. The van der Waals surface area contributed by atoms with Crippen molar-refractivity contribution in [1.82, 2.24) is 25.8 Å². The Hall–Kier alpha value is -5.68. The SMILES string of the molecule is COc1ccc(CS(=O)(=O)[C@@H]2CC(C(=O)NC(C(=O)C(F)(F)C(=O)NCC(F)(F)F)C(C)C)N(C(=O)[C@H](Cc3cccc(C#N)c3)NC(=O)c3ccc(Cl)cn3)C2)cc1. The molecule has 0 aliphatic carbocycles. The maximum Gasteiger partial charge on any atom is 0.405 e. The van der Waals surface area contributed by atoms with Gasteiger partial charge in [-0.3, -0.25) is 24.0 Å². The van der Waals surface area contributed by atoms with E-state index in [0.717, 1.165) is 10.2 Å². The Kier molecular flexibility index (Phi) is 14.8. The van der Waals surface area contributed by atoms with Crippen LogP contribution in [-0.4, -0.2) is 103 Å². The van der Waals surface area contributed by atoms with Gasteiger partial charge in [0.15, 0.2) is 9.84 Å². The number of hydrogen-bond acceptors (Lipinski definition) is 10. The molecular formula is C38H38ClF5N6O8S. The van der Waals surface area contributed by atoms with Gasteiger partial charge in [-0.05, 0) is 59.9 Å². The topological polar surface area (TPSA) is 205 Å². The molecule has 316 valence electrons. The number of benzene rings is 2. The second-order valence-corrected chi connectivity index (χ2v) is 16.6. The lowest BCUT2D eigenvalue weighted by Crippen LogP contribution is -2.60. The first kappa shape index (κ1) is 46.0. The zero-order chi connectivity index (χ0) is 43.9. The number of carbonyl (C=O) groups is 5. The van der Waals surface area contributed by atoms with Crippen LogP contribution < -0.4 is 20.7 Å². The van der Waals surface area contributed by atoms with Gasteiger partial charge in [-0.15, -0.1) is 0 Å². The number of rotatable bonds is 16. The third-order valence-electron chi connectivity index (χ3n) is 9.23. The molecule has 21 heteroatoms. The third kappa shape index (κ3) is 11.9. The van der Waals surface area contributed by atoms with Crippen molar-refractivity contribution in [3.63, 3.8) is 0 Å². The maximum absolute atomic E-state index is 15.0. The van der Waals surface area contributed by atoms with Gasteiger partial charge in [-0.25, -0.2) is 13.4 Å². The van der Waals surface area contributed by atoms with Crippen LogP contribution in [0.25, 0.3) is 0 Å². The largest absolute Gasteiger partial charge is 0.497 e. The molecule has 1 saturated heterocycles. The summed E-state index contributed by atoms with van der Waals surface area (Å²) in [5.41, 5.74) is 0.668. The Morgan fingerprint density at radius 2 is 1.68 bits per heavy atom. The number of nitriles is 1. The van der Waals surface area contributed by atoms with Gasteiger partial charge in [0.2, 0.25) is 17.6 Å². The van der Waals surface area contributed by atoms with E-state index in [1.807, 2.05) is 6.07 Å². The molecular weight excluding hydrogens is 831 g/mol. The maximum atomic E-state index is 15.0. The van der Waals surface area contributed by atoms with E-state index in [1.54, 1.807) is 0 Å². The minimum Gasteiger partial charge on any atom is -0.497 e. The molecule has 2 heterocycles. The number of pyridine rings is 1. The molecule has 0 radical (unpaired) electrons. The number of alkyl halides is 5. The quantitative estimate of drug-likeness (QED) is 0.141. The number of sulfone groups is 1. The van der Waals surface area contributed by atoms with E-state index in [0.29, 0.717) is 16.9 Å². The van der Waals surface area contributed by atoms with Crippen LogP contribution in [0.5, 0.6) is 5.75 Å². The summed E-state index contributed by atoms with van der Waals surface area (Å²) in [6.07, 6.45) is -4.86. The minimum absolute atomic E-state index is 0.188. The van der Waals surface area contributed by atoms with E-state index in [2.05, 4.69) is 15.6 Å². The fourth-order valence-electron chi connectivity index (χ4n) is 6.15. The molecule has 4 rings (SSSR count). The van der Waals surface area contributed by atoms with Gasteiger partial charge in [0.05, 0.1) is 40.8 Å². The smallest absolute Gasteiger partial charge is 0.405 e. The molecule has 1 aliphatic rings. The molecule has 3 aromatic rings. The number of likely N-dealkylation sites (tertiary alicyclic amines) is 1. The standard InChI is InChI=1S/C38H38ClF5N6O8S/c1-21(2)31(32(51)38(43,44)36(55)47-20-37(40,41)42)49-34(53)30-15-27(59(56,57)19-22-7-10-26(58-3)11-8-22)18-50(30)35(54)29(14-23-5-4-6-24(13-23)16-45)48-33(52)28-12-9-25(39)17-46-28/h4-13,17,21,27,29-31H,14-15,18-20H2,1-3H3,(H,47,55)(H,48,52)(H,49,53)/t27-,29+,30?,31?/m1/s1. The lowest BCUT2D eigenvalue weighted by Gasteiger charge is -2.31. The number of aromatic nitrogens is 1. The molecule has 0 spiro atoms. The summed E-state index contributed by atoms with van der Waals surface area (Å²) in [7, 11) is -2.83. The highest BCUT2D eigenvalue weighted by molar-refractivity contribution is 7.91. The summed E-state index contributed by atoms with van der Waals surface area (Å²) in [6, 6.07) is 10.9. The van der Waals surface area contributed by atoms with Crippen LogP contribution >= 0.6 is 11.6 Å². The van der Waals surface area contributed by atoms with Crippen LogP contribution in [0.15, 0.2) is 66.9 Å². The first-order valence-corrected chi connectivity index (χ1v) is 19.8. The number of halogens is 6. The number of ketones is 1. The lowest BCUT2D eigenvalue weighted by atomic mass is 9.94. The normalized spacial score (nSPS) is 16.7. The average molecular weight is 869 g/mol. The first-order chi connectivity index (χ1) is 27.6. The van der Waals surface area contributed by atoms with Crippen LogP contribution in [0.2, 0.25) is 5.02 Å². The van der Waals surface area contributed by atoms with E-state index in [9.17, 15) is 50.8 Å². The fraction of sp³-hybridized carbons (Fsp3) is 0.395. The molecule has 2 unspecified atom stereocenters. The fourth-order valence-corrected chi connectivity index (χ4v) is 8.02. The molecule has 4 amide bonds. The molecule has 1 aromatic heterocycles. The van der Waals surface area contributed by atoms with E-state index in [4.69, 9.17) is 16.3 Å². The molecule has 1 fully saturated rings. The van der Waals surface area contributed by atoms with Crippen LogP contribution in [0.3, 0.4) is 0 Å². The first-order valence-electron chi connectivity index (χ1n) is 17.7. The Bertz CT molecular complexity index is 2200. The van der Waals surface area contributed by atoms with Gasteiger partial charge in [0.25, 0.3) is 11.8 Å². The number of carbonyl (C=O) groups excluding carboxylic acids is 5. The molecule has 14 nitrogen and oxygen atoms in total. The lowest BCUT2D eigenvalue weighted by molar-refractivity contribution is -0.165. The summed E-state index contributed by atoms with van der Waals surface area (Å²) in [4.78, 5) is 72.0. The molecule has 2 aromatic carbocycles. The Morgan fingerprint density at radius 3 is 2.25 bits per heavy atom. The van der Waals surface area contributed by atoms with Crippen LogP contribution in [0.4, 0.5) is 22.0 Å². The summed E-state index contributed by atoms with van der Waals surface area (Å²) in [5, 5.41) is 13.7. The number of amides is 4. The second-order valence-electron chi connectivity index (χ2n) is 13.9. The minimum atomic E-state index is -5.09. The van der Waals surface area contributed by atoms with Crippen molar-refractivity contribution in [1.29, 1.82) is 5.26 Å². The van der Waals surface area contributed by atoms with E-state index in [1.165, 1.54) is 87.8 Å². The molecule has 59 heavy (non-hydrogen) atoms. The van der Waals surface area contributed by atoms with Gasteiger partial charge >= 0.3 is 12.1 Å². The zero-order valence-corrected chi connectivity index (χ0v) is 33.1. The van der Waals surface area contributed by atoms with E-state index >= 15 is 8.78 Å². The van der Waals surface area contributed by atoms with Crippen molar-refractivity contribution in [3.8, 4) is 11.8 Å². The number of hydrogen-bond donors (Lipinski definition) is 3. The van der Waals surface area contributed by atoms with Gasteiger partial charge in [-0.1, -0.05) is 49.7 Å². The molecule has 0 bridgehead atoms. The van der Waals surface area contributed by atoms with Crippen molar-refractivity contribution in [2.24, 2.45) is 5.92 Å². The Labute approximate surface area is 340 Å². The summed E-state index contributed by atoms with van der Waals surface area (Å²) in [6.45, 7) is -0.447. The van der Waals surface area contributed by atoms with E-state index < -0.39 is 106 Å². The Balaban J connectivity index is 1.72. The zero-order valence-electron chi connectivity index (χ0n) is 31.6. The monoisotopic (exact) mass is 868 g/mol. The highest BCUT2D eigenvalue weighted by atomic mass is 35.5. The predicted molar refractivity (Wildman–Crippen MR) is 201 cm³/mol. The van der Waals surface area contributed by atoms with Crippen molar-refractivity contribution in [2.75, 3.05) is 20.2 Å². The molecule has 0 saturated carbocycles.